The van der Waals surface area contributed by atoms with Crippen molar-refractivity contribution < 1.29 is 19.6 Å². The Hall–Kier alpha value is -0.160. The highest BCUT2D eigenvalue weighted by atomic mass is 17.3. The second kappa shape index (κ2) is 10.7. The smallest absolute Gasteiger partial charge is 0.237 e. The fourth-order valence-corrected chi connectivity index (χ4v) is 3.47. The molecule has 0 saturated carbocycles. The van der Waals surface area contributed by atoms with Gasteiger partial charge in [0, 0.05) is 11.3 Å². The second-order valence-electron chi connectivity index (χ2n) is 8.89. The Labute approximate surface area is 150 Å². The lowest BCUT2D eigenvalue weighted by molar-refractivity contribution is -0.541. The molecule has 0 aromatic rings. The van der Waals surface area contributed by atoms with Crippen LogP contribution >= 0.6 is 0 Å². The quantitative estimate of drug-likeness (QED) is 0.180. The largest absolute Gasteiger partial charge is 0.241 e. The molecule has 0 spiro atoms. The van der Waals surface area contributed by atoms with Gasteiger partial charge in [-0.2, -0.15) is 9.78 Å². The van der Waals surface area contributed by atoms with Gasteiger partial charge in [0.15, 0.2) is 0 Å². The molecule has 4 nitrogen and oxygen atoms in total. The summed E-state index contributed by atoms with van der Waals surface area (Å²) in [6, 6.07) is 0. The summed E-state index contributed by atoms with van der Waals surface area (Å²) in [7, 11) is 3.06. The zero-order chi connectivity index (χ0) is 18.9. The minimum atomic E-state index is -0.960. The Bertz CT molecular complexity index is 309. The Morgan fingerprint density at radius 3 is 1.54 bits per heavy atom. The summed E-state index contributed by atoms with van der Waals surface area (Å²) in [6.45, 7) is 15.2. The topological polar surface area (TPSA) is 36.9 Å². The maximum Gasteiger partial charge on any atom is 0.241 e. The van der Waals surface area contributed by atoms with E-state index >= 15 is 0 Å². The van der Waals surface area contributed by atoms with Crippen molar-refractivity contribution in [3.05, 3.63) is 0 Å². The number of hydrogen-bond acceptors (Lipinski definition) is 4. The van der Waals surface area contributed by atoms with Crippen LogP contribution in [0, 0.1) is 16.7 Å². The Kier molecular flexibility index (Phi) is 10.7. The van der Waals surface area contributed by atoms with Gasteiger partial charge in [-0.05, 0) is 11.8 Å². The summed E-state index contributed by atoms with van der Waals surface area (Å²) in [5.74, 6) is -0.825. The van der Waals surface area contributed by atoms with E-state index in [-0.39, 0.29) is 16.7 Å². The normalized spacial score (nSPS) is 14.9. The summed E-state index contributed by atoms with van der Waals surface area (Å²) in [4.78, 5) is 21.8. The van der Waals surface area contributed by atoms with Gasteiger partial charge in [-0.25, -0.2) is 9.78 Å². The average molecular weight is 347 g/mol. The summed E-state index contributed by atoms with van der Waals surface area (Å²) in [5.41, 5.74) is -0.313. The molecule has 0 aliphatic carbocycles. The van der Waals surface area contributed by atoms with Gasteiger partial charge in [-0.3, -0.25) is 0 Å². The van der Waals surface area contributed by atoms with Crippen molar-refractivity contribution >= 4 is 0 Å². The summed E-state index contributed by atoms with van der Waals surface area (Å²) >= 11 is 0. The molecule has 0 fully saturated rings. The first-order valence-electron chi connectivity index (χ1n) is 9.50. The third kappa shape index (κ3) is 6.99. The molecular formula is C20H42O4. The van der Waals surface area contributed by atoms with Gasteiger partial charge in [-0.15, -0.1) is 0 Å². The summed E-state index contributed by atoms with van der Waals surface area (Å²) in [6.07, 6.45) is 8.64. The molecule has 0 aromatic heterocycles. The zero-order valence-electron chi connectivity index (χ0n) is 17.7. The standard InChI is InChI=1S/C20H42O4/c1-10-11-12-13-14-15-16-17(18(2,3)4)20(23-21-8,24-22-9)19(5,6)7/h17H,10-16H2,1-9H3. The second-order valence-corrected chi connectivity index (χ2v) is 8.89. The highest BCUT2D eigenvalue weighted by Crippen LogP contribution is 2.50. The summed E-state index contributed by atoms with van der Waals surface area (Å²) < 4.78 is 0. The van der Waals surface area contributed by atoms with Crippen molar-refractivity contribution in [1.29, 1.82) is 0 Å². The van der Waals surface area contributed by atoms with Crippen LogP contribution in [-0.4, -0.2) is 20.0 Å². The van der Waals surface area contributed by atoms with Gasteiger partial charge in [0.2, 0.25) is 5.79 Å². The summed E-state index contributed by atoms with van der Waals surface area (Å²) in [5, 5.41) is 0. The maximum absolute atomic E-state index is 5.77. The van der Waals surface area contributed by atoms with Crippen LogP contribution in [0.2, 0.25) is 0 Å². The van der Waals surface area contributed by atoms with E-state index in [1.165, 1.54) is 46.3 Å². The predicted octanol–water partition coefficient (Wildman–Crippen LogP) is 6.30. The Morgan fingerprint density at radius 1 is 0.708 bits per heavy atom. The zero-order valence-corrected chi connectivity index (χ0v) is 17.7. The minimum absolute atomic E-state index is 0.00619. The fraction of sp³-hybridized carbons (Fsp3) is 1.00. The first kappa shape index (κ1) is 23.8. The van der Waals surface area contributed by atoms with Gasteiger partial charge in [-0.1, -0.05) is 87.0 Å². The van der Waals surface area contributed by atoms with E-state index in [4.69, 9.17) is 19.6 Å². The molecule has 0 amide bonds. The molecule has 24 heavy (non-hydrogen) atoms. The molecule has 0 saturated heterocycles. The van der Waals surface area contributed by atoms with E-state index in [1.54, 1.807) is 0 Å². The molecule has 0 aromatic carbocycles. The van der Waals surface area contributed by atoms with E-state index in [0.29, 0.717) is 0 Å². The predicted molar refractivity (Wildman–Crippen MR) is 99.3 cm³/mol. The number of rotatable bonds is 12. The van der Waals surface area contributed by atoms with Crippen LogP contribution in [0.15, 0.2) is 0 Å². The van der Waals surface area contributed by atoms with Crippen molar-refractivity contribution in [2.45, 2.75) is 99.2 Å². The SMILES string of the molecule is CCCCCCCCC(C(C)(C)C)C(OOC)(OOC)C(C)(C)C. The first-order chi connectivity index (χ1) is 11.1. The van der Waals surface area contributed by atoms with Crippen LogP contribution in [-0.2, 0) is 19.6 Å². The monoisotopic (exact) mass is 346 g/mol. The molecule has 0 radical (unpaired) electrons. The number of unbranched alkanes of at least 4 members (excludes halogenated alkanes) is 5. The Morgan fingerprint density at radius 2 is 1.17 bits per heavy atom. The maximum atomic E-state index is 5.77. The third-order valence-electron chi connectivity index (χ3n) is 4.81. The van der Waals surface area contributed by atoms with Gasteiger partial charge >= 0.3 is 0 Å². The molecule has 0 rings (SSSR count). The van der Waals surface area contributed by atoms with Crippen molar-refractivity contribution in [2.75, 3.05) is 14.2 Å². The molecule has 0 aliphatic heterocycles. The lowest BCUT2D eigenvalue weighted by atomic mass is 9.65. The van der Waals surface area contributed by atoms with Crippen molar-refractivity contribution in [1.82, 2.24) is 0 Å². The van der Waals surface area contributed by atoms with Crippen molar-refractivity contribution in [3.8, 4) is 0 Å². The minimum Gasteiger partial charge on any atom is -0.237 e. The van der Waals surface area contributed by atoms with Gasteiger partial charge in [0.25, 0.3) is 0 Å². The lowest BCUT2D eigenvalue weighted by Crippen LogP contribution is -2.57. The molecule has 4 heteroatoms. The molecule has 146 valence electrons. The average Bonchev–Trinajstić information content (AvgIpc) is 2.43. The van der Waals surface area contributed by atoms with Gasteiger partial charge < -0.3 is 0 Å². The van der Waals surface area contributed by atoms with Crippen LogP contribution in [0.4, 0.5) is 0 Å². The van der Waals surface area contributed by atoms with E-state index in [2.05, 4.69) is 48.5 Å². The van der Waals surface area contributed by atoms with Crippen molar-refractivity contribution in [3.63, 3.8) is 0 Å². The molecule has 0 heterocycles. The van der Waals surface area contributed by atoms with Gasteiger partial charge in [0.05, 0.1) is 14.2 Å². The number of hydrogen-bond donors (Lipinski definition) is 0. The first-order valence-corrected chi connectivity index (χ1v) is 9.50. The highest BCUT2D eigenvalue weighted by Gasteiger charge is 2.56. The lowest BCUT2D eigenvalue weighted by Gasteiger charge is -2.50. The van der Waals surface area contributed by atoms with E-state index in [0.717, 1.165) is 12.8 Å². The van der Waals surface area contributed by atoms with Crippen LogP contribution in [0.3, 0.4) is 0 Å². The molecule has 1 unspecified atom stereocenters. The molecule has 1 atom stereocenters. The van der Waals surface area contributed by atoms with E-state index in [9.17, 15) is 0 Å². The van der Waals surface area contributed by atoms with Crippen LogP contribution in [0.25, 0.3) is 0 Å². The molecular weight excluding hydrogens is 304 g/mol. The van der Waals surface area contributed by atoms with Crippen LogP contribution in [0.1, 0.15) is 93.4 Å². The van der Waals surface area contributed by atoms with E-state index in [1.807, 2.05) is 0 Å². The highest BCUT2D eigenvalue weighted by molar-refractivity contribution is 4.94. The fourth-order valence-electron chi connectivity index (χ4n) is 3.47. The van der Waals surface area contributed by atoms with Crippen LogP contribution < -0.4 is 0 Å². The van der Waals surface area contributed by atoms with Gasteiger partial charge in [0.1, 0.15) is 0 Å². The third-order valence-corrected chi connectivity index (χ3v) is 4.81. The Balaban J connectivity index is 5.25. The molecule has 0 N–H and O–H groups in total. The molecule has 0 bridgehead atoms. The molecule has 0 aliphatic rings. The van der Waals surface area contributed by atoms with E-state index < -0.39 is 5.79 Å². The van der Waals surface area contributed by atoms with Crippen molar-refractivity contribution in [2.24, 2.45) is 16.7 Å². The van der Waals surface area contributed by atoms with Crippen LogP contribution in [0.5, 0.6) is 0 Å².